The van der Waals surface area contributed by atoms with E-state index in [9.17, 15) is 9.18 Å². The molecule has 0 spiro atoms. The Morgan fingerprint density at radius 3 is 2.69 bits per heavy atom. The number of hydrogen-bond acceptors (Lipinski definition) is 3. The van der Waals surface area contributed by atoms with Crippen LogP contribution in [-0.4, -0.2) is 35.3 Å². The van der Waals surface area contributed by atoms with Gasteiger partial charge in [-0.3, -0.25) is 4.79 Å². The summed E-state index contributed by atoms with van der Waals surface area (Å²) in [6.45, 7) is 2.35. The second-order valence-electron chi connectivity index (χ2n) is 7.35. The van der Waals surface area contributed by atoms with Crippen LogP contribution in [0.25, 0.3) is 5.69 Å². The molecule has 0 unspecified atom stereocenters. The quantitative estimate of drug-likeness (QED) is 0.676. The van der Waals surface area contributed by atoms with Crippen molar-refractivity contribution in [3.63, 3.8) is 0 Å². The number of nitrogens with zero attached hydrogens (tertiary/aromatic N) is 2. The molecule has 0 atom stereocenters. The third kappa shape index (κ3) is 4.54. The standard InChI is InChI=1S/C23H25FN4O/c24-19-7-4-8-20(15-19)28-22(18-10-12-25-13-11-18)21(16-27-28)23(29)26-14-9-17-5-2-1-3-6-17/h1-8,15-16,18,25H,9-14H2,(H,26,29). The van der Waals surface area contributed by atoms with Gasteiger partial charge in [0.15, 0.2) is 0 Å². The Labute approximate surface area is 169 Å². The first-order valence-corrected chi connectivity index (χ1v) is 10.1. The van der Waals surface area contributed by atoms with Crippen LogP contribution >= 0.6 is 0 Å². The number of carbonyl (C=O) groups excluding carboxylic acids is 1. The number of amides is 1. The van der Waals surface area contributed by atoms with E-state index in [0.717, 1.165) is 38.0 Å². The summed E-state index contributed by atoms with van der Waals surface area (Å²) >= 11 is 0. The normalized spacial score (nSPS) is 14.7. The summed E-state index contributed by atoms with van der Waals surface area (Å²) in [6, 6.07) is 16.4. The van der Waals surface area contributed by atoms with E-state index < -0.39 is 0 Å². The van der Waals surface area contributed by atoms with Crippen LogP contribution < -0.4 is 10.6 Å². The van der Waals surface area contributed by atoms with E-state index in [-0.39, 0.29) is 17.6 Å². The minimum Gasteiger partial charge on any atom is -0.352 e. The SMILES string of the molecule is O=C(NCCc1ccccc1)c1cnn(-c2cccc(F)c2)c1C1CCNCC1. The smallest absolute Gasteiger partial charge is 0.254 e. The molecule has 1 aliphatic heterocycles. The highest BCUT2D eigenvalue weighted by Gasteiger charge is 2.27. The molecule has 6 heteroatoms. The molecule has 29 heavy (non-hydrogen) atoms. The Hall–Kier alpha value is -2.99. The predicted molar refractivity (Wildman–Crippen MR) is 111 cm³/mol. The van der Waals surface area contributed by atoms with E-state index in [0.29, 0.717) is 17.8 Å². The average Bonchev–Trinajstić information content (AvgIpc) is 3.20. The molecular formula is C23H25FN4O. The maximum Gasteiger partial charge on any atom is 0.254 e. The second-order valence-corrected chi connectivity index (χ2v) is 7.35. The Morgan fingerprint density at radius 2 is 1.93 bits per heavy atom. The molecule has 0 bridgehead atoms. The van der Waals surface area contributed by atoms with Crippen molar-refractivity contribution in [1.82, 2.24) is 20.4 Å². The van der Waals surface area contributed by atoms with Crippen LogP contribution in [0.2, 0.25) is 0 Å². The molecule has 2 aromatic carbocycles. The lowest BCUT2D eigenvalue weighted by Crippen LogP contribution is -2.31. The highest BCUT2D eigenvalue weighted by Crippen LogP contribution is 2.30. The molecular weight excluding hydrogens is 367 g/mol. The van der Waals surface area contributed by atoms with E-state index >= 15 is 0 Å². The Morgan fingerprint density at radius 1 is 1.14 bits per heavy atom. The van der Waals surface area contributed by atoms with Gasteiger partial charge in [0.05, 0.1) is 23.1 Å². The van der Waals surface area contributed by atoms with Gasteiger partial charge in [-0.05, 0) is 56.1 Å². The third-order valence-corrected chi connectivity index (χ3v) is 5.37. The van der Waals surface area contributed by atoms with Gasteiger partial charge in [0, 0.05) is 12.5 Å². The van der Waals surface area contributed by atoms with Gasteiger partial charge in [-0.25, -0.2) is 9.07 Å². The minimum atomic E-state index is -0.317. The number of hydrogen-bond donors (Lipinski definition) is 2. The molecule has 2 heterocycles. The van der Waals surface area contributed by atoms with Crippen molar-refractivity contribution in [1.29, 1.82) is 0 Å². The lowest BCUT2D eigenvalue weighted by molar-refractivity contribution is 0.0952. The molecule has 1 aromatic heterocycles. The van der Waals surface area contributed by atoms with Gasteiger partial charge in [-0.15, -0.1) is 0 Å². The fourth-order valence-electron chi connectivity index (χ4n) is 3.89. The summed E-state index contributed by atoms with van der Waals surface area (Å²) in [4.78, 5) is 13.0. The lowest BCUT2D eigenvalue weighted by atomic mass is 9.91. The summed E-state index contributed by atoms with van der Waals surface area (Å²) in [5, 5.41) is 10.8. The van der Waals surface area contributed by atoms with Gasteiger partial charge in [0.1, 0.15) is 5.82 Å². The zero-order chi connectivity index (χ0) is 20.1. The predicted octanol–water partition coefficient (Wildman–Crippen LogP) is 3.45. The number of halogens is 1. The molecule has 1 fully saturated rings. The van der Waals surface area contributed by atoms with E-state index in [1.54, 1.807) is 16.9 Å². The first-order valence-electron chi connectivity index (χ1n) is 10.1. The zero-order valence-corrected chi connectivity index (χ0v) is 16.3. The molecule has 2 N–H and O–H groups in total. The fourth-order valence-corrected chi connectivity index (χ4v) is 3.89. The number of piperidine rings is 1. The van der Waals surface area contributed by atoms with Crippen molar-refractivity contribution >= 4 is 5.91 Å². The maximum absolute atomic E-state index is 13.8. The van der Waals surface area contributed by atoms with Crippen molar-refractivity contribution in [2.45, 2.75) is 25.2 Å². The number of rotatable bonds is 6. The fraction of sp³-hybridized carbons (Fsp3) is 0.304. The Bertz CT molecular complexity index is 964. The van der Waals surface area contributed by atoms with E-state index in [4.69, 9.17) is 0 Å². The third-order valence-electron chi connectivity index (χ3n) is 5.37. The minimum absolute atomic E-state index is 0.128. The molecule has 150 valence electrons. The Kier molecular flexibility index (Phi) is 6.00. The highest BCUT2D eigenvalue weighted by molar-refractivity contribution is 5.95. The summed E-state index contributed by atoms with van der Waals surface area (Å²) < 4.78 is 15.5. The topological polar surface area (TPSA) is 59.0 Å². The lowest BCUT2D eigenvalue weighted by Gasteiger charge is -2.24. The van der Waals surface area contributed by atoms with Gasteiger partial charge in [0.2, 0.25) is 0 Å². The number of aromatic nitrogens is 2. The van der Waals surface area contributed by atoms with Crippen molar-refractivity contribution in [2.75, 3.05) is 19.6 Å². The molecule has 1 aliphatic rings. The number of carbonyl (C=O) groups is 1. The van der Waals surface area contributed by atoms with Crippen molar-refractivity contribution in [3.05, 3.63) is 83.4 Å². The molecule has 0 radical (unpaired) electrons. The first kappa shape index (κ1) is 19.3. The summed E-state index contributed by atoms with van der Waals surface area (Å²) in [5.74, 6) is -0.239. The van der Waals surface area contributed by atoms with Crippen LogP contribution in [0.1, 0.15) is 40.4 Å². The zero-order valence-electron chi connectivity index (χ0n) is 16.3. The molecule has 1 amide bonds. The first-order chi connectivity index (χ1) is 14.2. The van der Waals surface area contributed by atoms with Crippen LogP contribution in [0.4, 0.5) is 4.39 Å². The van der Waals surface area contributed by atoms with Gasteiger partial charge < -0.3 is 10.6 Å². The number of benzene rings is 2. The van der Waals surface area contributed by atoms with Crippen LogP contribution in [-0.2, 0) is 6.42 Å². The van der Waals surface area contributed by atoms with Crippen LogP contribution in [0.5, 0.6) is 0 Å². The van der Waals surface area contributed by atoms with Crippen LogP contribution in [0, 0.1) is 5.82 Å². The molecule has 0 saturated carbocycles. The van der Waals surface area contributed by atoms with Gasteiger partial charge in [-0.1, -0.05) is 36.4 Å². The molecule has 5 nitrogen and oxygen atoms in total. The van der Waals surface area contributed by atoms with Crippen molar-refractivity contribution in [3.8, 4) is 5.69 Å². The van der Waals surface area contributed by atoms with Gasteiger partial charge in [0.25, 0.3) is 5.91 Å². The summed E-state index contributed by atoms with van der Waals surface area (Å²) in [6.07, 6.45) is 4.23. The monoisotopic (exact) mass is 392 g/mol. The molecule has 4 rings (SSSR count). The maximum atomic E-state index is 13.8. The van der Waals surface area contributed by atoms with E-state index in [2.05, 4.69) is 27.9 Å². The number of nitrogens with one attached hydrogen (secondary N) is 2. The molecule has 3 aromatic rings. The van der Waals surface area contributed by atoms with E-state index in [1.807, 2.05) is 24.3 Å². The molecule has 1 saturated heterocycles. The largest absolute Gasteiger partial charge is 0.352 e. The van der Waals surface area contributed by atoms with Gasteiger partial charge in [-0.2, -0.15) is 5.10 Å². The Balaban J connectivity index is 1.57. The van der Waals surface area contributed by atoms with Crippen LogP contribution in [0.3, 0.4) is 0 Å². The van der Waals surface area contributed by atoms with Crippen LogP contribution in [0.15, 0.2) is 60.8 Å². The second kappa shape index (κ2) is 9.01. The van der Waals surface area contributed by atoms with Gasteiger partial charge >= 0.3 is 0 Å². The van der Waals surface area contributed by atoms with E-state index in [1.165, 1.54) is 17.7 Å². The average molecular weight is 392 g/mol. The highest BCUT2D eigenvalue weighted by atomic mass is 19.1. The molecule has 0 aliphatic carbocycles. The van der Waals surface area contributed by atoms with Crippen molar-refractivity contribution < 1.29 is 9.18 Å². The summed E-state index contributed by atoms with van der Waals surface area (Å²) in [7, 11) is 0. The van der Waals surface area contributed by atoms with Crippen molar-refractivity contribution in [2.24, 2.45) is 0 Å². The summed E-state index contributed by atoms with van der Waals surface area (Å²) in [5.41, 5.74) is 3.27.